The second kappa shape index (κ2) is 9.45. The van der Waals surface area contributed by atoms with Gasteiger partial charge in [0.05, 0.1) is 35.4 Å². The minimum Gasteiger partial charge on any atom is -0.376 e. The van der Waals surface area contributed by atoms with E-state index in [9.17, 15) is 14.4 Å². The fourth-order valence-electron chi connectivity index (χ4n) is 5.06. The standard InChI is InChI=1S/C25H33N3O4/c1-4-26(14-17(2)3)23(29)18-8-6-12-27(15-18)21-11-5-10-20-22(21)25(31)28(24(20)30)16-19-9-7-13-32-19/h5,10-11,18-19H,2,4,6-9,12-16H2,1,3H3/t18-,19+/m0/s1. The number of imide groups is 1. The van der Waals surface area contributed by atoms with Crippen molar-refractivity contribution in [1.29, 1.82) is 0 Å². The number of piperidine rings is 1. The molecule has 3 aliphatic heterocycles. The van der Waals surface area contributed by atoms with Crippen molar-refractivity contribution in [2.75, 3.05) is 44.2 Å². The number of fused-ring (bicyclic) bond motifs is 1. The lowest BCUT2D eigenvalue weighted by molar-refractivity contribution is -0.135. The molecule has 0 N–H and O–H groups in total. The predicted molar refractivity (Wildman–Crippen MR) is 123 cm³/mol. The van der Waals surface area contributed by atoms with E-state index in [1.165, 1.54) is 4.90 Å². The lowest BCUT2D eigenvalue weighted by atomic mass is 9.94. The first-order chi connectivity index (χ1) is 15.4. The fourth-order valence-corrected chi connectivity index (χ4v) is 5.06. The molecule has 2 atom stereocenters. The van der Waals surface area contributed by atoms with Gasteiger partial charge in [-0.15, -0.1) is 0 Å². The number of likely N-dealkylation sites (N-methyl/N-ethyl adjacent to an activating group) is 1. The van der Waals surface area contributed by atoms with Gasteiger partial charge in [-0.25, -0.2) is 0 Å². The SMILES string of the molecule is C=C(C)CN(CC)C(=O)[C@H]1CCCN(c2cccc3c2C(=O)N(C[C@H]2CCCO2)C3=O)C1. The van der Waals surface area contributed by atoms with Crippen LogP contribution in [0.4, 0.5) is 5.69 Å². The zero-order chi connectivity index (χ0) is 22.8. The molecule has 2 fully saturated rings. The summed E-state index contributed by atoms with van der Waals surface area (Å²) in [5.74, 6) is -0.489. The monoisotopic (exact) mass is 439 g/mol. The summed E-state index contributed by atoms with van der Waals surface area (Å²) in [5.41, 5.74) is 2.65. The average Bonchev–Trinajstić information content (AvgIpc) is 3.40. The molecule has 0 aromatic heterocycles. The number of benzene rings is 1. The van der Waals surface area contributed by atoms with Gasteiger partial charge >= 0.3 is 0 Å². The Kier molecular flexibility index (Phi) is 6.65. The maximum atomic E-state index is 13.3. The van der Waals surface area contributed by atoms with Gasteiger partial charge in [0.1, 0.15) is 0 Å². The molecular weight excluding hydrogens is 406 g/mol. The van der Waals surface area contributed by atoms with Crippen molar-refractivity contribution in [2.45, 2.75) is 45.6 Å². The molecule has 0 spiro atoms. The van der Waals surface area contributed by atoms with Gasteiger partial charge in [0.15, 0.2) is 0 Å². The lowest BCUT2D eigenvalue weighted by Gasteiger charge is -2.36. The van der Waals surface area contributed by atoms with E-state index in [0.29, 0.717) is 43.9 Å². The molecule has 2 saturated heterocycles. The maximum absolute atomic E-state index is 13.3. The van der Waals surface area contributed by atoms with E-state index in [1.54, 1.807) is 6.07 Å². The Morgan fingerprint density at radius 2 is 2.03 bits per heavy atom. The van der Waals surface area contributed by atoms with E-state index in [-0.39, 0.29) is 29.7 Å². The summed E-state index contributed by atoms with van der Waals surface area (Å²) in [4.78, 5) is 44.7. The van der Waals surface area contributed by atoms with Crippen LogP contribution in [-0.2, 0) is 9.53 Å². The third-order valence-corrected chi connectivity index (χ3v) is 6.65. The molecule has 3 heterocycles. The van der Waals surface area contributed by atoms with Crippen molar-refractivity contribution in [3.05, 3.63) is 41.5 Å². The molecule has 0 saturated carbocycles. The van der Waals surface area contributed by atoms with Crippen LogP contribution in [0, 0.1) is 5.92 Å². The van der Waals surface area contributed by atoms with Crippen LogP contribution in [0.3, 0.4) is 0 Å². The molecule has 172 valence electrons. The number of anilines is 1. The zero-order valence-corrected chi connectivity index (χ0v) is 19.1. The highest BCUT2D eigenvalue weighted by atomic mass is 16.5. The minimum atomic E-state index is -0.248. The number of carbonyl (C=O) groups excluding carboxylic acids is 3. The summed E-state index contributed by atoms with van der Waals surface area (Å²) >= 11 is 0. The number of rotatable bonds is 7. The molecule has 7 heteroatoms. The van der Waals surface area contributed by atoms with Crippen LogP contribution >= 0.6 is 0 Å². The Labute approximate surface area is 190 Å². The van der Waals surface area contributed by atoms with Crippen molar-refractivity contribution in [2.24, 2.45) is 5.92 Å². The van der Waals surface area contributed by atoms with Crippen LogP contribution in [0.15, 0.2) is 30.4 Å². The molecular formula is C25H33N3O4. The van der Waals surface area contributed by atoms with Gasteiger partial charge in [-0.1, -0.05) is 18.2 Å². The summed E-state index contributed by atoms with van der Waals surface area (Å²) in [6.45, 7) is 11.4. The molecule has 0 aliphatic carbocycles. The van der Waals surface area contributed by atoms with Crippen LogP contribution in [0.1, 0.15) is 60.2 Å². The second-order valence-electron chi connectivity index (χ2n) is 9.15. The van der Waals surface area contributed by atoms with Crippen LogP contribution in [0.5, 0.6) is 0 Å². The molecule has 3 aliphatic rings. The summed E-state index contributed by atoms with van der Waals surface area (Å²) in [5, 5.41) is 0. The molecule has 0 bridgehead atoms. The van der Waals surface area contributed by atoms with Gasteiger partial charge < -0.3 is 14.5 Å². The highest BCUT2D eigenvalue weighted by Gasteiger charge is 2.41. The van der Waals surface area contributed by atoms with Gasteiger partial charge in [-0.05, 0) is 51.7 Å². The van der Waals surface area contributed by atoms with Crippen LogP contribution in [-0.4, -0.2) is 73.0 Å². The topological polar surface area (TPSA) is 70.2 Å². The first-order valence-corrected chi connectivity index (χ1v) is 11.7. The third kappa shape index (κ3) is 4.31. The van der Waals surface area contributed by atoms with Gasteiger partial charge in [0.2, 0.25) is 5.91 Å². The fraction of sp³-hybridized carbons (Fsp3) is 0.560. The van der Waals surface area contributed by atoms with Crippen molar-refractivity contribution in [3.8, 4) is 0 Å². The van der Waals surface area contributed by atoms with Crippen LogP contribution < -0.4 is 4.90 Å². The Morgan fingerprint density at radius 3 is 2.72 bits per heavy atom. The van der Waals surface area contributed by atoms with Crippen molar-refractivity contribution < 1.29 is 19.1 Å². The molecule has 0 radical (unpaired) electrons. The molecule has 7 nitrogen and oxygen atoms in total. The highest BCUT2D eigenvalue weighted by Crippen LogP contribution is 2.35. The zero-order valence-electron chi connectivity index (χ0n) is 19.1. The normalized spacial score (nSPS) is 22.9. The molecule has 32 heavy (non-hydrogen) atoms. The number of hydrogen-bond donors (Lipinski definition) is 0. The van der Waals surface area contributed by atoms with Gasteiger partial charge in [-0.2, -0.15) is 0 Å². The summed E-state index contributed by atoms with van der Waals surface area (Å²) in [6.07, 6.45) is 3.45. The Balaban J connectivity index is 1.54. The third-order valence-electron chi connectivity index (χ3n) is 6.65. The van der Waals surface area contributed by atoms with Crippen LogP contribution in [0.25, 0.3) is 0 Å². The van der Waals surface area contributed by atoms with Crippen molar-refractivity contribution in [3.63, 3.8) is 0 Å². The predicted octanol–water partition coefficient (Wildman–Crippen LogP) is 3.10. The van der Waals surface area contributed by atoms with Gasteiger partial charge in [-0.3, -0.25) is 19.3 Å². The Bertz CT molecular complexity index is 922. The molecule has 4 rings (SSSR count). The molecule has 1 aromatic carbocycles. The second-order valence-corrected chi connectivity index (χ2v) is 9.15. The van der Waals surface area contributed by atoms with Crippen molar-refractivity contribution in [1.82, 2.24) is 9.80 Å². The Morgan fingerprint density at radius 1 is 1.22 bits per heavy atom. The molecule has 1 aromatic rings. The smallest absolute Gasteiger partial charge is 0.263 e. The number of hydrogen-bond acceptors (Lipinski definition) is 5. The largest absolute Gasteiger partial charge is 0.376 e. The first kappa shape index (κ1) is 22.5. The maximum Gasteiger partial charge on any atom is 0.263 e. The van der Waals surface area contributed by atoms with Gasteiger partial charge in [0.25, 0.3) is 11.8 Å². The van der Waals surface area contributed by atoms with E-state index in [0.717, 1.165) is 43.5 Å². The van der Waals surface area contributed by atoms with Crippen LogP contribution in [0.2, 0.25) is 0 Å². The van der Waals surface area contributed by atoms with E-state index < -0.39 is 0 Å². The quantitative estimate of drug-likeness (QED) is 0.482. The van der Waals surface area contributed by atoms with E-state index in [2.05, 4.69) is 11.5 Å². The number of amides is 3. The molecule has 0 unspecified atom stereocenters. The lowest BCUT2D eigenvalue weighted by Crippen LogP contribution is -2.45. The first-order valence-electron chi connectivity index (χ1n) is 11.7. The Hall–Kier alpha value is -2.67. The number of nitrogens with zero attached hydrogens (tertiary/aromatic N) is 3. The number of ether oxygens (including phenoxy) is 1. The van der Waals surface area contributed by atoms with E-state index in [1.807, 2.05) is 30.9 Å². The van der Waals surface area contributed by atoms with E-state index >= 15 is 0 Å². The summed E-state index contributed by atoms with van der Waals surface area (Å²) in [7, 11) is 0. The van der Waals surface area contributed by atoms with Crippen molar-refractivity contribution >= 4 is 23.4 Å². The summed E-state index contributed by atoms with van der Waals surface area (Å²) < 4.78 is 5.65. The van der Waals surface area contributed by atoms with E-state index in [4.69, 9.17) is 4.74 Å². The summed E-state index contributed by atoms with van der Waals surface area (Å²) in [6, 6.07) is 5.46. The average molecular weight is 440 g/mol. The minimum absolute atomic E-state index is 0.0778. The molecule has 3 amide bonds. The highest BCUT2D eigenvalue weighted by molar-refractivity contribution is 6.23. The number of carbonyl (C=O) groups is 3. The van der Waals surface area contributed by atoms with Gasteiger partial charge in [0, 0.05) is 32.8 Å².